The van der Waals surface area contributed by atoms with Gasteiger partial charge >= 0.3 is 0 Å². The summed E-state index contributed by atoms with van der Waals surface area (Å²) in [5.74, 6) is 0. The normalized spacial score (nSPS) is 21.2. The van der Waals surface area contributed by atoms with Crippen LogP contribution in [-0.4, -0.2) is 5.54 Å². The van der Waals surface area contributed by atoms with Crippen molar-refractivity contribution in [3.63, 3.8) is 0 Å². The monoisotopic (exact) mass is 257 g/mol. The number of nitrogens with zero attached hydrogens (tertiary/aromatic N) is 1. The summed E-state index contributed by atoms with van der Waals surface area (Å²) >= 11 is 0. The van der Waals surface area contributed by atoms with Gasteiger partial charge in [-0.05, 0) is 58.2 Å². The first kappa shape index (κ1) is 14.2. The number of hydrogen-bond donors (Lipinski definition) is 0. The molecule has 0 saturated heterocycles. The van der Waals surface area contributed by atoms with Gasteiger partial charge in [0.1, 0.15) is 0 Å². The van der Waals surface area contributed by atoms with Crippen molar-refractivity contribution in [2.45, 2.75) is 60.9 Å². The maximum Gasteiger partial charge on any atom is 0.0480 e. The van der Waals surface area contributed by atoms with E-state index in [-0.39, 0.29) is 11.0 Å². The SMILES string of the molecule is CC1=C(C)C(C)(C)C(C)(C)N1c1c(C)cccc1C. The standard InChI is InChI=1S/C18H27N/c1-12-10-9-11-13(2)16(12)19-15(4)14(3)17(5,6)18(19,7)8/h9-11H,1-8H3. The molecule has 0 atom stereocenters. The smallest absolute Gasteiger partial charge is 0.0480 e. The molecule has 1 heterocycles. The summed E-state index contributed by atoms with van der Waals surface area (Å²) in [6.45, 7) is 18.4. The van der Waals surface area contributed by atoms with Gasteiger partial charge < -0.3 is 4.90 Å². The van der Waals surface area contributed by atoms with Gasteiger partial charge in [-0.15, -0.1) is 0 Å². The molecule has 1 aromatic carbocycles. The molecule has 1 aliphatic rings. The minimum atomic E-state index is 0.0953. The van der Waals surface area contributed by atoms with E-state index in [1.54, 1.807) is 0 Å². The van der Waals surface area contributed by atoms with Gasteiger partial charge in [0, 0.05) is 22.3 Å². The zero-order valence-corrected chi connectivity index (χ0v) is 13.7. The molecular formula is C18H27N. The van der Waals surface area contributed by atoms with Crippen LogP contribution in [0.2, 0.25) is 0 Å². The summed E-state index contributed by atoms with van der Waals surface area (Å²) in [4.78, 5) is 2.55. The molecule has 0 unspecified atom stereocenters. The molecule has 1 heteroatoms. The zero-order valence-electron chi connectivity index (χ0n) is 13.7. The molecule has 0 radical (unpaired) electrons. The van der Waals surface area contributed by atoms with Crippen molar-refractivity contribution in [2.24, 2.45) is 5.41 Å². The Balaban J connectivity index is 2.70. The summed E-state index contributed by atoms with van der Waals surface area (Å²) in [7, 11) is 0. The second kappa shape index (κ2) is 4.13. The molecule has 0 aliphatic carbocycles. The molecule has 1 nitrogen and oxygen atoms in total. The summed E-state index contributed by atoms with van der Waals surface area (Å²) in [5, 5.41) is 0. The van der Waals surface area contributed by atoms with Crippen molar-refractivity contribution in [2.75, 3.05) is 4.90 Å². The van der Waals surface area contributed by atoms with Gasteiger partial charge in [0.15, 0.2) is 0 Å². The topological polar surface area (TPSA) is 3.24 Å². The summed E-state index contributed by atoms with van der Waals surface area (Å²) in [6, 6.07) is 6.58. The molecule has 104 valence electrons. The van der Waals surface area contributed by atoms with Crippen molar-refractivity contribution in [1.82, 2.24) is 0 Å². The Morgan fingerprint density at radius 2 is 1.32 bits per heavy atom. The molecule has 0 amide bonds. The van der Waals surface area contributed by atoms with Gasteiger partial charge in [-0.25, -0.2) is 0 Å². The van der Waals surface area contributed by atoms with Crippen LogP contribution in [0.5, 0.6) is 0 Å². The third kappa shape index (κ3) is 1.74. The van der Waals surface area contributed by atoms with E-state index < -0.39 is 0 Å². The van der Waals surface area contributed by atoms with E-state index >= 15 is 0 Å². The highest BCUT2D eigenvalue weighted by Crippen LogP contribution is 2.53. The van der Waals surface area contributed by atoms with Gasteiger partial charge in [-0.2, -0.15) is 0 Å². The number of hydrogen-bond acceptors (Lipinski definition) is 1. The number of allylic oxidation sites excluding steroid dienone is 1. The van der Waals surface area contributed by atoms with Gasteiger partial charge in [0.25, 0.3) is 0 Å². The molecule has 1 aromatic rings. The second-order valence-corrected chi connectivity index (χ2v) is 6.97. The van der Waals surface area contributed by atoms with E-state index in [0.29, 0.717) is 0 Å². The van der Waals surface area contributed by atoms with Crippen LogP contribution in [0.15, 0.2) is 29.5 Å². The molecule has 0 N–H and O–H groups in total. The molecule has 0 saturated carbocycles. The van der Waals surface area contributed by atoms with Crippen LogP contribution < -0.4 is 4.90 Å². The van der Waals surface area contributed by atoms with Crippen LogP contribution in [0.3, 0.4) is 0 Å². The summed E-state index contributed by atoms with van der Waals surface area (Å²) in [5.41, 5.74) is 7.29. The van der Waals surface area contributed by atoms with E-state index in [2.05, 4.69) is 78.5 Å². The maximum absolute atomic E-state index is 2.55. The third-order valence-corrected chi connectivity index (χ3v) is 5.57. The van der Waals surface area contributed by atoms with Crippen molar-refractivity contribution in [1.29, 1.82) is 0 Å². The van der Waals surface area contributed by atoms with Gasteiger partial charge in [-0.3, -0.25) is 0 Å². The van der Waals surface area contributed by atoms with Crippen molar-refractivity contribution in [3.05, 3.63) is 40.6 Å². The van der Waals surface area contributed by atoms with Gasteiger partial charge in [0.05, 0.1) is 0 Å². The lowest BCUT2D eigenvalue weighted by atomic mass is 9.72. The van der Waals surface area contributed by atoms with E-state index in [1.165, 1.54) is 28.1 Å². The number of para-hydroxylation sites is 1. The summed E-state index contributed by atoms with van der Waals surface area (Å²) in [6.07, 6.45) is 0. The van der Waals surface area contributed by atoms with Crippen LogP contribution in [-0.2, 0) is 0 Å². The molecule has 0 bridgehead atoms. The van der Waals surface area contributed by atoms with Crippen LogP contribution in [0.1, 0.15) is 52.7 Å². The number of aryl methyl sites for hydroxylation is 2. The molecule has 0 fully saturated rings. The Morgan fingerprint density at radius 3 is 1.68 bits per heavy atom. The Morgan fingerprint density at radius 1 is 0.842 bits per heavy atom. The molecular weight excluding hydrogens is 230 g/mol. The molecule has 2 rings (SSSR count). The first-order valence-corrected chi connectivity index (χ1v) is 7.16. The van der Waals surface area contributed by atoms with Crippen LogP contribution in [0.25, 0.3) is 0 Å². The quantitative estimate of drug-likeness (QED) is 0.666. The van der Waals surface area contributed by atoms with Gasteiger partial charge in [0.2, 0.25) is 0 Å². The zero-order chi connectivity index (χ0) is 14.6. The van der Waals surface area contributed by atoms with Crippen LogP contribution >= 0.6 is 0 Å². The Labute approximate surface area is 118 Å². The second-order valence-electron chi connectivity index (χ2n) is 6.97. The predicted molar refractivity (Wildman–Crippen MR) is 84.6 cm³/mol. The van der Waals surface area contributed by atoms with E-state index in [9.17, 15) is 0 Å². The third-order valence-electron chi connectivity index (χ3n) is 5.57. The Hall–Kier alpha value is -1.24. The minimum Gasteiger partial charge on any atom is -0.339 e. The molecule has 0 spiro atoms. The highest BCUT2D eigenvalue weighted by molar-refractivity contribution is 5.67. The first-order chi connectivity index (χ1) is 8.62. The predicted octanol–water partition coefficient (Wildman–Crippen LogP) is 5.22. The fourth-order valence-corrected chi connectivity index (χ4v) is 3.38. The average molecular weight is 257 g/mol. The first-order valence-electron chi connectivity index (χ1n) is 7.16. The van der Waals surface area contributed by atoms with Crippen molar-refractivity contribution in [3.8, 4) is 0 Å². The van der Waals surface area contributed by atoms with E-state index in [1.807, 2.05) is 0 Å². The van der Waals surface area contributed by atoms with Crippen molar-refractivity contribution >= 4 is 5.69 Å². The Kier molecular flexibility index (Phi) is 3.08. The minimum absolute atomic E-state index is 0.0953. The van der Waals surface area contributed by atoms with E-state index in [0.717, 1.165) is 0 Å². The molecule has 1 aliphatic heterocycles. The number of rotatable bonds is 1. The van der Waals surface area contributed by atoms with Crippen molar-refractivity contribution < 1.29 is 0 Å². The highest BCUT2D eigenvalue weighted by Gasteiger charge is 2.50. The Bertz CT molecular complexity index is 527. The van der Waals surface area contributed by atoms with Crippen LogP contribution in [0.4, 0.5) is 5.69 Å². The largest absolute Gasteiger partial charge is 0.339 e. The molecule has 0 aromatic heterocycles. The average Bonchev–Trinajstić information content (AvgIpc) is 2.41. The number of anilines is 1. The summed E-state index contributed by atoms with van der Waals surface area (Å²) < 4.78 is 0. The van der Waals surface area contributed by atoms with Gasteiger partial charge in [-0.1, -0.05) is 32.0 Å². The van der Waals surface area contributed by atoms with Crippen LogP contribution in [0, 0.1) is 19.3 Å². The molecule has 19 heavy (non-hydrogen) atoms. The fraction of sp³-hybridized carbons (Fsp3) is 0.556. The maximum atomic E-state index is 2.55. The number of benzene rings is 1. The lowest BCUT2D eigenvalue weighted by molar-refractivity contribution is 0.273. The lowest BCUT2D eigenvalue weighted by Crippen LogP contribution is -2.48. The highest BCUT2D eigenvalue weighted by atomic mass is 15.2. The van der Waals surface area contributed by atoms with E-state index in [4.69, 9.17) is 0 Å². The fourth-order valence-electron chi connectivity index (χ4n) is 3.38. The lowest BCUT2D eigenvalue weighted by Gasteiger charge is -2.45.